The Morgan fingerprint density at radius 1 is 1.07 bits per heavy atom. The Balaban J connectivity index is 1.81. The molecule has 0 spiro atoms. The van der Waals surface area contributed by atoms with Gasteiger partial charge in [0.25, 0.3) is 0 Å². The van der Waals surface area contributed by atoms with Crippen molar-refractivity contribution < 1.29 is 14.3 Å². The largest absolute Gasteiger partial charge is 0.497 e. The molecule has 0 fully saturated rings. The lowest BCUT2D eigenvalue weighted by Gasteiger charge is -2.31. The minimum absolute atomic E-state index is 0.0214. The van der Waals surface area contributed by atoms with Crippen molar-refractivity contribution in [1.82, 2.24) is 5.01 Å². The van der Waals surface area contributed by atoms with Gasteiger partial charge in [0.2, 0.25) is 0 Å². The number of carbonyl (C=O) groups is 1. The minimum Gasteiger partial charge on any atom is -0.497 e. The summed E-state index contributed by atoms with van der Waals surface area (Å²) >= 11 is 0. The second kappa shape index (κ2) is 7.74. The standard InChI is InChI=1S/C24H26N2O3/c1-15(13-16(2)27)26-24(18-6-9-19(28-3)10-7-18)21-12-8-17-5-11-20(29-4)14-22(17)23(21)25-26/h5-7,9-11,13-14,21,24H,8,12H2,1-4H3/b15-13+/t21-,24+/m1/s1. The molecule has 5 nitrogen and oxygen atoms in total. The first-order valence-corrected chi connectivity index (χ1v) is 9.89. The van der Waals surface area contributed by atoms with E-state index in [2.05, 4.69) is 24.3 Å². The van der Waals surface area contributed by atoms with Crippen LogP contribution in [0.3, 0.4) is 0 Å². The summed E-state index contributed by atoms with van der Waals surface area (Å²) in [6.45, 7) is 3.52. The predicted molar refractivity (Wildman–Crippen MR) is 113 cm³/mol. The lowest BCUT2D eigenvalue weighted by molar-refractivity contribution is -0.112. The number of allylic oxidation sites excluding steroid dienone is 2. The number of rotatable bonds is 5. The second-order valence-corrected chi connectivity index (χ2v) is 7.61. The van der Waals surface area contributed by atoms with Gasteiger partial charge in [-0.1, -0.05) is 18.2 Å². The molecule has 1 aliphatic heterocycles. The number of ketones is 1. The van der Waals surface area contributed by atoms with Gasteiger partial charge in [-0.3, -0.25) is 9.80 Å². The van der Waals surface area contributed by atoms with Crippen LogP contribution in [-0.2, 0) is 11.2 Å². The zero-order valence-corrected chi connectivity index (χ0v) is 17.3. The molecule has 0 unspecified atom stereocenters. The van der Waals surface area contributed by atoms with Crippen LogP contribution in [0.2, 0.25) is 0 Å². The number of hydrazone groups is 1. The Bertz CT molecular complexity index is 992. The zero-order valence-electron chi connectivity index (χ0n) is 17.3. The first kappa shape index (κ1) is 19.2. The Labute approximate surface area is 171 Å². The molecule has 5 heteroatoms. The first-order chi connectivity index (χ1) is 14.0. The molecule has 150 valence electrons. The van der Waals surface area contributed by atoms with Crippen molar-refractivity contribution in [3.63, 3.8) is 0 Å². The van der Waals surface area contributed by atoms with E-state index in [0.717, 1.165) is 46.9 Å². The van der Waals surface area contributed by atoms with E-state index in [1.54, 1.807) is 27.2 Å². The topological polar surface area (TPSA) is 51.1 Å². The Morgan fingerprint density at radius 3 is 2.41 bits per heavy atom. The van der Waals surface area contributed by atoms with Crippen LogP contribution in [0.1, 0.15) is 43.0 Å². The van der Waals surface area contributed by atoms with Gasteiger partial charge in [-0.25, -0.2) is 0 Å². The monoisotopic (exact) mass is 390 g/mol. The smallest absolute Gasteiger partial charge is 0.154 e. The lowest BCUT2D eigenvalue weighted by Crippen LogP contribution is -2.28. The third kappa shape index (κ3) is 3.53. The molecule has 2 aromatic rings. The number of nitrogens with zero attached hydrogens (tertiary/aromatic N) is 2. The molecule has 0 N–H and O–H groups in total. The van der Waals surface area contributed by atoms with Crippen molar-refractivity contribution in [3.05, 3.63) is 70.9 Å². The average molecular weight is 390 g/mol. The maximum atomic E-state index is 11.7. The van der Waals surface area contributed by atoms with Crippen LogP contribution in [0.4, 0.5) is 0 Å². The van der Waals surface area contributed by atoms with E-state index in [4.69, 9.17) is 14.6 Å². The quantitative estimate of drug-likeness (QED) is 0.705. The summed E-state index contributed by atoms with van der Waals surface area (Å²) in [5.41, 5.74) is 5.53. The van der Waals surface area contributed by atoms with Gasteiger partial charge < -0.3 is 9.47 Å². The normalized spacial score (nSPS) is 20.6. The van der Waals surface area contributed by atoms with Gasteiger partial charge in [-0.2, -0.15) is 5.10 Å². The molecule has 2 aliphatic rings. The van der Waals surface area contributed by atoms with Crippen molar-refractivity contribution in [1.29, 1.82) is 0 Å². The van der Waals surface area contributed by atoms with Gasteiger partial charge in [0.1, 0.15) is 11.5 Å². The number of hydrogen-bond acceptors (Lipinski definition) is 5. The van der Waals surface area contributed by atoms with E-state index in [1.165, 1.54) is 5.56 Å². The van der Waals surface area contributed by atoms with Crippen LogP contribution in [0.25, 0.3) is 0 Å². The summed E-state index contributed by atoms with van der Waals surface area (Å²) in [5.74, 6) is 1.93. The number of aryl methyl sites for hydroxylation is 1. The van der Waals surface area contributed by atoms with Gasteiger partial charge in [-0.15, -0.1) is 0 Å². The van der Waals surface area contributed by atoms with Gasteiger partial charge in [0.15, 0.2) is 5.78 Å². The summed E-state index contributed by atoms with van der Waals surface area (Å²) in [7, 11) is 3.36. The molecule has 1 aliphatic carbocycles. The van der Waals surface area contributed by atoms with Crippen LogP contribution >= 0.6 is 0 Å². The predicted octanol–water partition coefficient (Wildman–Crippen LogP) is 4.52. The first-order valence-electron chi connectivity index (χ1n) is 9.89. The van der Waals surface area contributed by atoms with Crippen molar-refractivity contribution in [2.45, 2.75) is 32.7 Å². The minimum atomic E-state index is 0.0214. The molecule has 2 atom stereocenters. The molecule has 0 bridgehead atoms. The van der Waals surface area contributed by atoms with E-state index < -0.39 is 0 Å². The van der Waals surface area contributed by atoms with Crippen molar-refractivity contribution in [2.24, 2.45) is 11.0 Å². The summed E-state index contributed by atoms with van der Waals surface area (Å²) in [6.07, 6.45) is 3.67. The zero-order chi connectivity index (χ0) is 20.5. The lowest BCUT2D eigenvalue weighted by atomic mass is 9.77. The molecular weight excluding hydrogens is 364 g/mol. The average Bonchev–Trinajstić information content (AvgIpc) is 3.13. The van der Waals surface area contributed by atoms with Crippen molar-refractivity contribution in [3.8, 4) is 11.5 Å². The molecule has 1 heterocycles. The number of benzene rings is 2. The Morgan fingerprint density at radius 2 is 1.76 bits per heavy atom. The van der Waals surface area contributed by atoms with E-state index in [1.807, 2.05) is 30.1 Å². The highest BCUT2D eigenvalue weighted by atomic mass is 16.5. The molecule has 0 saturated heterocycles. The molecule has 4 rings (SSSR count). The fraction of sp³-hybridized carbons (Fsp3) is 0.333. The third-order valence-electron chi connectivity index (χ3n) is 5.76. The van der Waals surface area contributed by atoms with Crippen LogP contribution < -0.4 is 9.47 Å². The second-order valence-electron chi connectivity index (χ2n) is 7.61. The molecule has 29 heavy (non-hydrogen) atoms. The summed E-state index contributed by atoms with van der Waals surface area (Å²) in [4.78, 5) is 11.7. The van der Waals surface area contributed by atoms with Gasteiger partial charge in [0, 0.05) is 23.3 Å². The van der Waals surface area contributed by atoms with Crippen LogP contribution in [0.15, 0.2) is 59.3 Å². The van der Waals surface area contributed by atoms with Crippen molar-refractivity contribution >= 4 is 11.5 Å². The number of ether oxygens (including phenoxy) is 2. The molecule has 0 radical (unpaired) electrons. The summed E-state index contributed by atoms with van der Waals surface area (Å²) < 4.78 is 10.8. The van der Waals surface area contributed by atoms with E-state index >= 15 is 0 Å². The Kier molecular flexibility index (Phi) is 5.14. The van der Waals surface area contributed by atoms with Crippen molar-refractivity contribution in [2.75, 3.05) is 14.2 Å². The molecular formula is C24H26N2O3. The van der Waals surface area contributed by atoms with Crippen LogP contribution in [-0.4, -0.2) is 30.7 Å². The van der Waals surface area contributed by atoms with E-state index in [0.29, 0.717) is 0 Å². The molecule has 0 amide bonds. The highest BCUT2D eigenvalue weighted by molar-refractivity contribution is 6.06. The molecule has 0 aromatic heterocycles. The maximum absolute atomic E-state index is 11.7. The molecule has 0 saturated carbocycles. The van der Waals surface area contributed by atoms with Gasteiger partial charge in [-0.05, 0) is 62.1 Å². The number of methoxy groups -OCH3 is 2. The highest BCUT2D eigenvalue weighted by Crippen LogP contribution is 2.45. The number of hydrogen-bond donors (Lipinski definition) is 0. The van der Waals surface area contributed by atoms with Gasteiger partial charge >= 0.3 is 0 Å². The number of fused-ring (bicyclic) bond motifs is 3. The Hall–Kier alpha value is -3.08. The number of carbonyl (C=O) groups excluding carboxylic acids is 1. The fourth-order valence-corrected chi connectivity index (χ4v) is 4.40. The van der Waals surface area contributed by atoms with E-state index in [9.17, 15) is 4.79 Å². The third-order valence-corrected chi connectivity index (χ3v) is 5.76. The van der Waals surface area contributed by atoms with E-state index in [-0.39, 0.29) is 17.7 Å². The van der Waals surface area contributed by atoms with Gasteiger partial charge in [0.05, 0.1) is 26.0 Å². The summed E-state index contributed by atoms with van der Waals surface area (Å²) in [5, 5.41) is 7.03. The fourth-order valence-electron chi connectivity index (χ4n) is 4.40. The summed E-state index contributed by atoms with van der Waals surface area (Å²) in [6, 6.07) is 14.4. The highest BCUT2D eigenvalue weighted by Gasteiger charge is 2.42. The van der Waals surface area contributed by atoms with Crippen LogP contribution in [0.5, 0.6) is 11.5 Å². The maximum Gasteiger partial charge on any atom is 0.154 e. The van der Waals surface area contributed by atoms with Crippen LogP contribution in [0, 0.1) is 5.92 Å². The SMILES string of the molecule is COc1ccc([C@H]2[C@@H]3CCc4ccc(OC)cc4C3=NN2/C(C)=C/C(C)=O)cc1. The molecule has 2 aromatic carbocycles.